The molecule has 0 radical (unpaired) electrons. The fourth-order valence-electron chi connectivity index (χ4n) is 2.86. The van der Waals surface area contributed by atoms with Crippen molar-refractivity contribution in [2.45, 2.75) is 0 Å². The van der Waals surface area contributed by atoms with E-state index in [9.17, 15) is 15.6 Å². The molecule has 0 amide bonds. The molecule has 1 saturated carbocycles. The molecule has 1 fully saturated rings. The molecule has 0 aromatic rings. The van der Waals surface area contributed by atoms with Crippen LogP contribution in [0.4, 0.5) is 0 Å². The van der Waals surface area contributed by atoms with Crippen molar-refractivity contribution < 1.29 is 13.9 Å². The van der Waals surface area contributed by atoms with E-state index in [1.54, 1.807) is 42.3 Å². The molecule has 1 aliphatic carbocycles. The first-order chi connectivity index (χ1) is 7.79. The summed E-state index contributed by atoms with van der Waals surface area (Å²) in [7, 11) is 9.67. The lowest BCUT2D eigenvalue weighted by Crippen LogP contribution is -2.37. The zero-order valence-corrected chi connectivity index (χ0v) is 12.4. The molecule has 0 spiro atoms. The maximum atomic E-state index is 11.7. The zero-order chi connectivity index (χ0) is 14.4. The molecule has 0 saturated heterocycles. The first kappa shape index (κ1) is 15.8. The van der Waals surface area contributed by atoms with Crippen molar-refractivity contribution in [1.82, 2.24) is 0 Å². The Bertz CT molecular complexity index is 235. The summed E-state index contributed by atoms with van der Waals surface area (Å²) in [6.45, 7) is 1.49. The van der Waals surface area contributed by atoms with E-state index in [1.165, 1.54) is 0 Å². The van der Waals surface area contributed by atoms with E-state index in [4.69, 9.17) is 0 Å². The molecule has 1 rings (SSSR count). The van der Waals surface area contributed by atoms with Gasteiger partial charge in [0.05, 0.1) is 61.9 Å². The van der Waals surface area contributed by atoms with Crippen LogP contribution in [0.3, 0.4) is 0 Å². The van der Waals surface area contributed by atoms with Crippen LogP contribution in [0, 0.1) is 33.4 Å². The summed E-state index contributed by atoms with van der Waals surface area (Å²) >= 11 is 0. The van der Waals surface area contributed by atoms with Crippen molar-refractivity contribution in [3.8, 4) is 0 Å². The minimum atomic E-state index is -0.351. The highest BCUT2D eigenvalue weighted by Gasteiger charge is 2.56. The standard InChI is InChI=1S/C12H27N3O3/c1-13(2,16)7-10-11(8-14(3,4)17)12(10)9-15(5,6)18/h10-12H,7-9H2,1-6H3. The van der Waals surface area contributed by atoms with Gasteiger partial charge in [0.15, 0.2) is 0 Å². The molecule has 108 valence electrons. The summed E-state index contributed by atoms with van der Waals surface area (Å²) in [6.07, 6.45) is 0. The molecular weight excluding hydrogens is 234 g/mol. The van der Waals surface area contributed by atoms with Gasteiger partial charge in [-0.3, -0.25) is 0 Å². The maximum Gasteiger partial charge on any atom is 0.0818 e. The van der Waals surface area contributed by atoms with Crippen molar-refractivity contribution in [3.05, 3.63) is 15.6 Å². The normalized spacial score (nSPS) is 29.5. The second-order valence-electron chi connectivity index (χ2n) is 7.26. The monoisotopic (exact) mass is 261 g/mol. The van der Waals surface area contributed by atoms with Crippen LogP contribution in [-0.2, 0) is 0 Å². The Balaban J connectivity index is 2.63. The van der Waals surface area contributed by atoms with E-state index in [0.717, 1.165) is 0 Å². The SMILES string of the molecule is C[N+](C)([O-])CC1C(C[N+](C)(C)[O-])C1C[N+](C)(C)[O-]. The zero-order valence-electron chi connectivity index (χ0n) is 12.4. The first-order valence-electron chi connectivity index (χ1n) is 6.40. The van der Waals surface area contributed by atoms with Crippen LogP contribution < -0.4 is 0 Å². The van der Waals surface area contributed by atoms with Gasteiger partial charge in [-0.1, -0.05) is 0 Å². The van der Waals surface area contributed by atoms with E-state index < -0.39 is 0 Å². The quantitative estimate of drug-likeness (QED) is 0.518. The fourth-order valence-corrected chi connectivity index (χ4v) is 2.86. The average molecular weight is 261 g/mol. The van der Waals surface area contributed by atoms with Crippen LogP contribution in [0.25, 0.3) is 0 Å². The Labute approximate surface area is 110 Å². The molecule has 18 heavy (non-hydrogen) atoms. The van der Waals surface area contributed by atoms with Gasteiger partial charge in [-0.2, -0.15) is 0 Å². The Morgan fingerprint density at radius 1 is 0.556 bits per heavy atom. The molecule has 6 heteroatoms. The highest BCUT2D eigenvalue weighted by Crippen LogP contribution is 2.49. The highest BCUT2D eigenvalue weighted by atomic mass is 16.5. The molecular formula is C12H27N3O3. The van der Waals surface area contributed by atoms with E-state index in [1.807, 2.05) is 0 Å². The smallest absolute Gasteiger partial charge is 0.0818 e. The van der Waals surface area contributed by atoms with Gasteiger partial charge in [0.25, 0.3) is 0 Å². The first-order valence-corrected chi connectivity index (χ1v) is 6.40. The van der Waals surface area contributed by atoms with Crippen molar-refractivity contribution in [1.29, 1.82) is 0 Å². The Kier molecular flexibility index (Phi) is 4.13. The minimum absolute atomic E-state index is 0.218. The number of hydrogen-bond acceptors (Lipinski definition) is 3. The van der Waals surface area contributed by atoms with E-state index >= 15 is 0 Å². The van der Waals surface area contributed by atoms with Gasteiger partial charge in [0.2, 0.25) is 0 Å². The van der Waals surface area contributed by atoms with Crippen molar-refractivity contribution >= 4 is 0 Å². The Morgan fingerprint density at radius 2 is 0.722 bits per heavy atom. The molecule has 0 heterocycles. The van der Waals surface area contributed by atoms with Crippen LogP contribution >= 0.6 is 0 Å². The molecule has 0 bridgehead atoms. The van der Waals surface area contributed by atoms with Gasteiger partial charge in [0, 0.05) is 17.8 Å². The lowest BCUT2D eigenvalue weighted by Gasteiger charge is -2.35. The van der Waals surface area contributed by atoms with Crippen LogP contribution in [0.2, 0.25) is 0 Å². The van der Waals surface area contributed by atoms with Crippen molar-refractivity contribution in [2.75, 3.05) is 61.9 Å². The Hall–Kier alpha value is -0.240. The summed E-state index contributed by atoms with van der Waals surface area (Å²) < 4.78 is -1.05. The maximum absolute atomic E-state index is 11.7. The largest absolute Gasteiger partial charge is 0.633 e. The fraction of sp³-hybridized carbons (Fsp3) is 1.00. The van der Waals surface area contributed by atoms with Crippen LogP contribution in [0.5, 0.6) is 0 Å². The third-order valence-corrected chi connectivity index (χ3v) is 3.46. The van der Waals surface area contributed by atoms with Gasteiger partial charge in [-0.15, -0.1) is 0 Å². The molecule has 0 atom stereocenters. The lowest BCUT2D eigenvalue weighted by atomic mass is 10.3. The third-order valence-electron chi connectivity index (χ3n) is 3.46. The predicted octanol–water partition coefficient (Wildman–Crippen LogP) is 0.571. The van der Waals surface area contributed by atoms with Crippen molar-refractivity contribution in [3.63, 3.8) is 0 Å². The summed E-state index contributed by atoms with van der Waals surface area (Å²) in [6, 6.07) is 0. The number of rotatable bonds is 6. The third kappa shape index (κ3) is 5.60. The van der Waals surface area contributed by atoms with Crippen molar-refractivity contribution in [2.24, 2.45) is 17.8 Å². The predicted molar refractivity (Wildman–Crippen MR) is 71.5 cm³/mol. The van der Waals surface area contributed by atoms with Gasteiger partial charge in [-0.05, 0) is 0 Å². The highest BCUT2D eigenvalue weighted by molar-refractivity contribution is 4.97. The molecule has 1 aliphatic rings. The molecule has 0 aromatic heterocycles. The van der Waals surface area contributed by atoms with Crippen LogP contribution in [-0.4, -0.2) is 75.9 Å². The van der Waals surface area contributed by atoms with Gasteiger partial charge in [0.1, 0.15) is 0 Å². The summed E-state index contributed by atoms with van der Waals surface area (Å²) in [5.41, 5.74) is 0. The molecule has 0 aliphatic heterocycles. The van der Waals surface area contributed by atoms with Gasteiger partial charge in [-0.25, -0.2) is 0 Å². The molecule has 0 N–H and O–H groups in total. The van der Waals surface area contributed by atoms with Crippen LogP contribution in [0.1, 0.15) is 0 Å². The van der Waals surface area contributed by atoms with Gasteiger partial charge >= 0.3 is 0 Å². The number of nitrogens with zero attached hydrogens (tertiary/aromatic N) is 3. The summed E-state index contributed by atoms with van der Waals surface area (Å²) in [5, 5.41) is 35.2. The second kappa shape index (κ2) is 4.70. The number of hydrogen-bond donors (Lipinski definition) is 0. The van der Waals surface area contributed by atoms with Gasteiger partial charge < -0.3 is 29.6 Å². The van der Waals surface area contributed by atoms with Crippen LogP contribution in [0.15, 0.2) is 0 Å². The van der Waals surface area contributed by atoms with E-state index in [2.05, 4.69) is 0 Å². The molecule has 0 aromatic carbocycles. The minimum Gasteiger partial charge on any atom is -0.633 e. The van der Waals surface area contributed by atoms with E-state index in [0.29, 0.717) is 19.6 Å². The number of hydroxylamine groups is 9. The lowest BCUT2D eigenvalue weighted by molar-refractivity contribution is -0.848. The average Bonchev–Trinajstić information content (AvgIpc) is 2.53. The topological polar surface area (TPSA) is 69.2 Å². The molecule has 0 unspecified atom stereocenters. The number of quaternary nitrogens is 3. The second-order valence-corrected chi connectivity index (χ2v) is 7.26. The molecule has 6 nitrogen and oxygen atoms in total. The summed E-state index contributed by atoms with van der Waals surface area (Å²) in [5.74, 6) is 0.653. The summed E-state index contributed by atoms with van der Waals surface area (Å²) in [4.78, 5) is 0. The van der Waals surface area contributed by atoms with E-state index in [-0.39, 0.29) is 31.7 Å². The Morgan fingerprint density at radius 3 is 0.833 bits per heavy atom.